The maximum Gasteiger partial charge on any atom is 0.136 e. The van der Waals surface area contributed by atoms with Crippen molar-refractivity contribution in [3.63, 3.8) is 0 Å². The van der Waals surface area contributed by atoms with Gasteiger partial charge in [0.2, 0.25) is 0 Å². The Morgan fingerprint density at radius 3 is 2.45 bits per heavy atom. The van der Waals surface area contributed by atoms with E-state index in [9.17, 15) is 13.9 Å². The van der Waals surface area contributed by atoms with Gasteiger partial charge in [0.25, 0.3) is 0 Å². The molecule has 0 aliphatic carbocycles. The number of hydrogen-bond donors (Lipinski definition) is 1. The highest BCUT2D eigenvalue weighted by molar-refractivity contribution is 7.99. The van der Waals surface area contributed by atoms with Gasteiger partial charge in [-0.3, -0.25) is 0 Å². The van der Waals surface area contributed by atoms with Crippen LogP contribution in [0.25, 0.3) is 0 Å². The number of thioether (sulfide) groups is 1. The number of benzene rings is 2. The summed E-state index contributed by atoms with van der Waals surface area (Å²) in [6, 6.07) is 9.58. The van der Waals surface area contributed by atoms with Crippen molar-refractivity contribution in [3.05, 3.63) is 64.7 Å². The van der Waals surface area contributed by atoms with Gasteiger partial charge in [-0.15, -0.1) is 11.8 Å². The molecule has 0 amide bonds. The molecule has 0 aliphatic heterocycles. The number of aryl methyl sites for hydroxylation is 2. The van der Waals surface area contributed by atoms with Crippen LogP contribution < -0.4 is 0 Å². The Labute approximate surface area is 121 Å². The molecule has 20 heavy (non-hydrogen) atoms. The lowest BCUT2D eigenvalue weighted by atomic mass is 10.0. The number of aliphatic hydroxyl groups is 1. The van der Waals surface area contributed by atoms with E-state index < -0.39 is 11.9 Å². The summed E-state index contributed by atoms with van der Waals surface area (Å²) in [6.45, 7) is 3.57. The zero-order valence-electron chi connectivity index (χ0n) is 11.4. The van der Waals surface area contributed by atoms with Crippen LogP contribution in [0.1, 0.15) is 22.8 Å². The first-order chi connectivity index (χ1) is 9.49. The third-order valence-electron chi connectivity index (χ3n) is 3.05. The van der Waals surface area contributed by atoms with Gasteiger partial charge in [0.05, 0.1) is 6.10 Å². The molecule has 4 heteroatoms. The van der Waals surface area contributed by atoms with E-state index in [1.807, 2.05) is 6.07 Å². The fraction of sp³-hybridized carbons (Fsp3) is 0.250. The molecule has 0 saturated carbocycles. The maximum atomic E-state index is 13.9. The molecule has 2 rings (SSSR count). The maximum absolute atomic E-state index is 13.9. The van der Waals surface area contributed by atoms with Crippen molar-refractivity contribution in [3.8, 4) is 0 Å². The second-order valence-electron chi connectivity index (χ2n) is 4.73. The van der Waals surface area contributed by atoms with Crippen molar-refractivity contribution in [2.24, 2.45) is 0 Å². The van der Waals surface area contributed by atoms with Gasteiger partial charge < -0.3 is 5.11 Å². The van der Waals surface area contributed by atoms with Gasteiger partial charge in [0.1, 0.15) is 11.6 Å². The standard InChI is InChI=1S/C16H16F2OS/c1-10-7-11(2)16(13(18)8-10)14(19)9-20-15-6-4-3-5-12(15)17/h3-8,14,19H,9H2,1-2H3. The van der Waals surface area contributed by atoms with Crippen LogP contribution in [0.3, 0.4) is 0 Å². The topological polar surface area (TPSA) is 20.2 Å². The lowest BCUT2D eigenvalue weighted by Crippen LogP contribution is -2.06. The Morgan fingerprint density at radius 1 is 1.10 bits per heavy atom. The van der Waals surface area contributed by atoms with E-state index in [4.69, 9.17) is 0 Å². The quantitative estimate of drug-likeness (QED) is 0.843. The molecule has 1 nitrogen and oxygen atoms in total. The highest BCUT2D eigenvalue weighted by Gasteiger charge is 2.17. The van der Waals surface area contributed by atoms with E-state index in [1.54, 1.807) is 32.0 Å². The molecule has 2 aromatic rings. The highest BCUT2D eigenvalue weighted by Crippen LogP contribution is 2.29. The van der Waals surface area contributed by atoms with Crippen molar-refractivity contribution in [2.75, 3.05) is 5.75 Å². The van der Waals surface area contributed by atoms with Crippen molar-refractivity contribution in [1.29, 1.82) is 0 Å². The smallest absolute Gasteiger partial charge is 0.136 e. The molecule has 2 aromatic carbocycles. The van der Waals surface area contributed by atoms with Crippen molar-refractivity contribution < 1.29 is 13.9 Å². The molecular formula is C16H16F2OS. The molecule has 1 atom stereocenters. The molecule has 0 fully saturated rings. The Balaban J connectivity index is 2.13. The van der Waals surface area contributed by atoms with Crippen LogP contribution in [-0.4, -0.2) is 10.9 Å². The minimum atomic E-state index is -0.958. The molecule has 0 radical (unpaired) electrons. The van der Waals surface area contributed by atoms with Gasteiger partial charge in [-0.2, -0.15) is 0 Å². The van der Waals surface area contributed by atoms with Crippen LogP contribution in [0.2, 0.25) is 0 Å². The van der Waals surface area contributed by atoms with Gasteiger partial charge >= 0.3 is 0 Å². The van der Waals surface area contributed by atoms with Gasteiger partial charge in [0.15, 0.2) is 0 Å². The first kappa shape index (κ1) is 15.0. The van der Waals surface area contributed by atoms with Crippen LogP contribution in [0.4, 0.5) is 8.78 Å². The third-order valence-corrected chi connectivity index (χ3v) is 4.17. The monoisotopic (exact) mass is 294 g/mol. The molecule has 0 aromatic heterocycles. The fourth-order valence-electron chi connectivity index (χ4n) is 2.16. The van der Waals surface area contributed by atoms with E-state index in [0.29, 0.717) is 16.0 Å². The van der Waals surface area contributed by atoms with E-state index in [2.05, 4.69) is 0 Å². The average molecular weight is 294 g/mol. The Bertz CT molecular complexity index is 590. The number of halogens is 2. The van der Waals surface area contributed by atoms with Crippen LogP contribution >= 0.6 is 11.8 Å². The first-order valence-electron chi connectivity index (χ1n) is 6.31. The van der Waals surface area contributed by atoms with Gasteiger partial charge in [-0.05, 0) is 43.2 Å². The van der Waals surface area contributed by atoms with Crippen molar-refractivity contribution in [2.45, 2.75) is 24.8 Å². The number of rotatable bonds is 4. The molecule has 0 aliphatic rings. The minimum absolute atomic E-state index is 0.210. The lowest BCUT2D eigenvalue weighted by molar-refractivity contribution is 0.198. The Morgan fingerprint density at radius 2 is 1.80 bits per heavy atom. The van der Waals surface area contributed by atoms with Gasteiger partial charge in [0, 0.05) is 16.2 Å². The van der Waals surface area contributed by atoms with E-state index in [-0.39, 0.29) is 11.6 Å². The van der Waals surface area contributed by atoms with Crippen LogP contribution in [0, 0.1) is 25.5 Å². The number of aliphatic hydroxyl groups excluding tert-OH is 1. The van der Waals surface area contributed by atoms with Crippen LogP contribution in [-0.2, 0) is 0 Å². The van der Waals surface area contributed by atoms with E-state index >= 15 is 0 Å². The second-order valence-corrected chi connectivity index (χ2v) is 5.80. The molecular weight excluding hydrogens is 278 g/mol. The molecule has 0 spiro atoms. The Kier molecular flexibility index (Phi) is 4.78. The Hall–Kier alpha value is -1.39. The van der Waals surface area contributed by atoms with Gasteiger partial charge in [-0.1, -0.05) is 18.2 Å². The summed E-state index contributed by atoms with van der Waals surface area (Å²) < 4.78 is 27.4. The fourth-order valence-corrected chi connectivity index (χ4v) is 3.05. The van der Waals surface area contributed by atoms with Gasteiger partial charge in [-0.25, -0.2) is 8.78 Å². The summed E-state index contributed by atoms with van der Waals surface area (Å²) in [5, 5.41) is 10.1. The van der Waals surface area contributed by atoms with E-state index in [0.717, 1.165) is 5.56 Å². The van der Waals surface area contributed by atoms with E-state index in [1.165, 1.54) is 23.9 Å². The second kappa shape index (κ2) is 6.37. The van der Waals surface area contributed by atoms with Crippen molar-refractivity contribution >= 4 is 11.8 Å². The summed E-state index contributed by atoms with van der Waals surface area (Å²) in [6.07, 6.45) is -0.958. The summed E-state index contributed by atoms with van der Waals surface area (Å²) in [5.74, 6) is -0.531. The first-order valence-corrected chi connectivity index (χ1v) is 7.29. The zero-order chi connectivity index (χ0) is 14.7. The third kappa shape index (κ3) is 3.38. The summed E-state index contributed by atoms with van der Waals surface area (Å²) in [4.78, 5) is 0.455. The lowest BCUT2D eigenvalue weighted by Gasteiger charge is -2.15. The zero-order valence-corrected chi connectivity index (χ0v) is 12.2. The number of hydrogen-bond acceptors (Lipinski definition) is 2. The van der Waals surface area contributed by atoms with Crippen molar-refractivity contribution in [1.82, 2.24) is 0 Å². The summed E-state index contributed by atoms with van der Waals surface area (Å²) in [5.41, 5.74) is 1.82. The summed E-state index contributed by atoms with van der Waals surface area (Å²) in [7, 11) is 0. The molecule has 0 bridgehead atoms. The minimum Gasteiger partial charge on any atom is -0.387 e. The van der Waals surface area contributed by atoms with Crippen LogP contribution in [0.5, 0.6) is 0 Å². The normalized spacial score (nSPS) is 12.4. The molecule has 106 valence electrons. The predicted molar refractivity (Wildman–Crippen MR) is 78.0 cm³/mol. The SMILES string of the molecule is Cc1cc(C)c(C(O)CSc2ccccc2F)c(F)c1. The summed E-state index contributed by atoms with van der Waals surface area (Å²) >= 11 is 1.18. The average Bonchev–Trinajstić information content (AvgIpc) is 2.36. The molecule has 0 saturated heterocycles. The largest absolute Gasteiger partial charge is 0.387 e. The molecule has 0 heterocycles. The van der Waals surface area contributed by atoms with Crippen LogP contribution in [0.15, 0.2) is 41.3 Å². The predicted octanol–water partition coefficient (Wildman–Crippen LogP) is 4.41. The molecule has 1 unspecified atom stereocenters. The molecule has 1 N–H and O–H groups in total. The highest BCUT2D eigenvalue weighted by atomic mass is 32.2.